The highest BCUT2D eigenvalue weighted by Crippen LogP contribution is 2.28. The molecule has 25 heavy (non-hydrogen) atoms. The van der Waals surface area contributed by atoms with Gasteiger partial charge in [-0.1, -0.05) is 29.8 Å². The van der Waals surface area contributed by atoms with Crippen LogP contribution in [0.3, 0.4) is 0 Å². The maximum atomic E-state index is 5.23. The van der Waals surface area contributed by atoms with Crippen molar-refractivity contribution >= 4 is 5.65 Å². The molecule has 4 rings (SSSR count). The van der Waals surface area contributed by atoms with Gasteiger partial charge in [-0.15, -0.1) is 0 Å². The van der Waals surface area contributed by atoms with E-state index in [0.717, 1.165) is 22.7 Å². The maximum absolute atomic E-state index is 5.23. The third-order valence-electron chi connectivity index (χ3n) is 4.54. The van der Waals surface area contributed by atoms with E-state index in [4.69, 9.17) is 9.72 Å². The van der Waals surface area contributed by atoms with Gasteiger partial charge in [0.2, 0.25) is 0 Å². The molecule has 0 aliphatic carbocycles. The van der Waals surface area contributed by atoms with Crippen molar-refractivity contribution in [2.24, 2.45) is 0 Å². The van der Waals surface area contributed by atoms with E-state index in [1.165, 1.54) is 22.3 Å². The Bertz CT molecular complexity index is 1030. The van der Waals surface area contributed by atoms with Gasteiger partial charge in [-0.25, -0.2) is 4.98 Å². The summed E-state index contributed by atoms with van der Waals surface area (Å²) in [6, 6.07) is 18.8. The molecule has 2 aromatic heterocycles. The first-order chi connectivity index (χ1) is 12.1. The Morgan fingerprint density at radius 2 is 1.52 bits per heavy atom. The minimum Gasteiger partial charge on any atom is -0.497 e. The van der Waals surface area contributed by atoms with E-state index >= 15 is 0 Å². The molecular weight excluding hydrogens is 308 g/mol. The Labute approximate surface area is 147 Å². The van der Waals surface area contributed by atoms with E-state index in [2.05, 4.69) is 61.0 Å². The molecule has 0 atom stereocenters. The first-order valence-corrected chi connectivity index (χ1v) is 8.35. The molecule has 0 saturated heterocycles. The van der Waals surface area contributed by atoms with Crippen molar-refractivity contribution in [1.82, 2.24) is 9.38 Å². The SMILES string of the molecule is COc1ccc(-c2cn3cc(C)c(-c4ccc(C)cc4)cc3n2)cc1. The second kappa shape index (κ2) is 6.10. The van der Waals surface area contributed by atoms with E-state index < -0.39 is 0 Å². The number of rotatable bonds is 3. The fourth-order valence-corrected chi connectivity index (χ4v) is 3.08. The summed E-state index contributed by atoms with van der Waals surface area (Å²) in [5.74, 6) is 0.852. The molecule has 0 amide bonds. The summed E-state index contributed by atoms with van der Waals surface area (Å²) in [5.41, 5.74) is 7.94. The Kier molecular flexibility index (Phi) is 3.77. The van der Waals surface area contributed by atoms with Gasteiger partial charge in [-0.2, -0.15) is 0 Å². The number of ether oxygens (including phenoxy) is 1. The van der Waals surface area contributed by atoms with Crippen molar-refractivity contribution in [3.05, 3.63) is 78.1 Å². The topological polar surface area (TPSA) is 26.5 Å². The molecule has 0 radical (unpaired) electrons. The van der Waals surface area contributed by atoms with E-state index in [9.17, 15) is 0 Å². The first-order valence-electron chi connectivity index (χ1n) is 8.35. The molecule has 0 unspecified atom stereocenters. The smallest absolute Gasteiger partial charge is 0.138 e. The molecule has 4 aromatic rings. The molecule has 0 aliphatic rings. The minimum atomic E-state index is 0.852. The summed E-state index contributed by atoms with van der Waals surface area (Å²) in [5, 5.41) is 0. The lowest BCUT2D eigenvalue weighted by atomic mass is 10.0. The maximum Gasteiger partial charge on any atom is 0.138 e. The standard InChI is InChI=1S/C22H20N2O/c1-15-4-6-17(7-5-15)20-12-22-23-21(14-24(22)13-16(20)2)18-8-10-19(25-3)11-9-18/h4-14H,1-3H3. The van der Waals surface area contributed by atoms with E-state index in [-0.39, 0.29) is 0 Å². The van der Waals surface area contributed by atoms with Crippen LogP contribution in [0, 0.1) is 13.8 Å². The van der Waals surface area contributed by atoms with Crippen molar-refractivity contribution < 1.29 is 4.74 Å². The molecule has 124 valence electrons. The van der Waals surface area contributed by atoms with Crippen LogP contribution in [0.15, 0.2) is 67.0 Å². The van der Waals surface area contributed by atoms with E-state index in [1.54, 1.807) is 7.11 Å². The fourth-order valence-electron chi connectivity index (χ4n) is 3.08. The van der Waals surface area contributed by atoms with Gasteiger partial charge in [0.1, 0.15) is 11.4 Å². The van der Waals surface area contributed by atoms with Crippen LogP contribution >= 0.6 is 0 Å². The number of hydrogen-bond acceptors (Lipinski definition) is 2. The first kappa shape index (κ1) is 15.5. The predicted octanol–water partition coefficient (Wildman–Crippen LogP) is 5.29. The lowest BCUT2D eigenvalue weighted by Gasteiger charge is -2.07. The van der Waals surface area contributed by atoms with Crippen molar-refractivity contribution in [2.45, 2.75) is 13.8 Å². The number of pyridine rings is 1. The summed E-state index contributed by atoms with van der Waals surface area (Å²) in [7, 11) is 1.68. The molecule has 2 aromatic carbocycles. The van der Waals surface area contributed by atoms with Gasteiger partial charge in [-0.3, -0.25) is 0 Å². The Balaban J connectivity index is 1.79. The zero-order valence-electron chi connectivity index (χ0n) is 14.7. The summed E-state index contributed by atoms with van der Waals surface area (Å²) in [4.78, 5) is 4.81. The number of nitrogens with zero attached hydrogens (tertiary/aromatic N) is 2. The average Bonchev–Trinajstić information content (AvgIpc) is 3.04. The van der Waals surface area contributed by atoms with Crippen LogP contribution in [-0.4, -0.2) is 16.5 Å². The largest absolute Gasteiger partial charge is 0.497 e. The Hall–Kier alpha value is -3.07. The number of fused-ring (bicyclic) bond motifs is 1. The van der Waals surface area contributed by atoms with Crippen LogP contribution in [0.25, 0.3) is 28.0 Å². The molecule has 0 saturated carbocycles. The van der Waals surface area contributed by atoms with Gasteiger partial charge in [0.25, 0.3) is 0 Å². The number of imidazole rings is 1. The molecule has 0 fully saturated rings. The number of aryl methyl sites for hydroxylation is 2. The van der Waals surface area contributed by atoms with Gasteiger partial charge in [0.05, 0.1) is 12.8 Å². The van der Waals surface area contributed by atoms with Crippen LogP contribution in [0.4, 0.5) is 0 Å². The lowest BCUT2D eigenvalue weighted by Crippen LogP contribution is -1.90. The zero-order chi connectivity index (χ0) is 17.4. The van der Waals surface area contributed by atoms with Crippen LogP contribution < -0.4 is 4.74 Å². The highest BCUT2D eigenvalue weighted by Gasteiger charge is 2.09. The van der Waals surface area contributed by atoms with Crippen molar-refractivity contribution in [3.63, 3.8) is 0 Å². The number of hydrogen-bond donors (Lipinski definition) is 0. The predicted molar refractivity (Wildman–Crippen MR) is 102 cm³/mol. The molecular formula is C22H20N2O. The summed E-state index contributed by atoms with van der Waals surface area (Å²) >= 11 is 0. The van der Waals surface area contributed by atoms with Crippen molar-refractivity contribution in [2.75, 3.05) is 7.11 Å². The molecule has 0 aliphatic heterocycles. The second-order valence-corrected chi connectivity index (χ2v) is 6.36. The Morgan fingerprint density at radius 3 is 2.20 bits per heavy atom. The van der Waals surface area contributed by atoms with Crippen LogP contribution in [0.1, 0.15) is 11.1 Å². The van der Waals surface area contributed by atoms with Crippen LogP contribution in [-0.2, 0) is 0 Å². The number of aromatic nitrogens is 2. The van der Waals surface area contributed by atoms with Crippen LogP contribution in [0.5, 0.6) is 5.75 Å². The molecule has 3 heteroatoms. The van der Waals surface area contributed by atoms with Gasteiger partial charge in [-0.05, 0) is 60.9 Å². The van der Waals surface area contributed by atoms with Gasteiger partial charge in [0.15, 0.2) is 0 Å². The monoisotopic (exact) mass is 328 g/mol. The summed E-state index contributed by atoms with van der Waals surface area (Å²) in [6.07, 6.45) is 4.22. The number of benzene rings is 2. The average molecular weight is 328 g/mol. The molecule has 0 N–H and O–H groups in total. The highest BCUT2D eigenvalue weighted by molar-refractivity contribution is 5.73. The number of methoxy groups -OCH3 is 1. The second-order valence-electron chi connectivity index (χ2n) is 6.36. The van der Waals surface area contributed by atoms with E-state index in [0.29, 0.717) is 0 Å². The molecule has 2 heterocycles. The third kappa shape index (κ3) is 2.89. The molecule has 3 nitrogen and oxygen atoms in total. The van der Waals surface area contributed by atoms with Crippen LogP contribution in [0.2, 0.25) is 0 Å². The van der Waals surface area contributed by atoms with Gasteiger partial charge < -0.3 is 9.14 Å². The normalized spacial score (nSPS) is 11.0. The van der Waals surface area contributed by atoms with E-state index in [1.807, 2.05) is 24.3 Å². The molecule has 0 bridgehead atoms. The third-order valence-corrected chi connectivity index (χ3v) is 4.54. The van der Waals surface area contributed by atoms with Gasteiger partial charge >= 0.3 is 0 Å². The van der Waals surface area contributed by atoms with Crippen molar-refractivity contribution in [3.8, 4) is 28.1 Å². The zero-order valence-corrected chi connectivity index (χ0v) is 14.7. The summed E-state index contributed by atoms with van der Waals surface area (Å²) < 4.78 is 7.32. The van der Waals surface area contributed by atoms with Gasteiger partial charge in [0, 0.05) is 18.0 Å². The molecule has 0 spiro atoms. The lowest BCUT2D eigenvalue weighted by molar-refractivity contribution is 0.415. The minimum absolute atomic E-state index is 0.852. The highest BCUT2D eigenvalue weighted by atomic mass is 16.5. The Morgan fingerprint density at radius 1 is 0.840 bits per heavy atom. The van der Waals surface area contributed by atoms with Crippen molar-refractivity contribution in [1.29, 1.82) is 0 Å². The summed E-state index contributed by atoms with van der Waals surface area (Å²) in [6.45, 7) is 4.25. The fraction of sp³-hybridized carbons (Fsp3) is 0.136. The quantitative estimate of drug-likeness (QED) is 0.510.